The number of pyridine rings is 1. The van der Waals surface area contributed by atoms with Gasteiger partial charge in [-0.05, 0) is 90.3 Å². The zero-order valence-corrected chi connectivity index (χ0v) is 24.5. The van der Waals surface area contributed by atoms with E-state index in [4.69, 9.17) is 4.98 Å². The summed E-state index contributed by atoms with van der Waals surface area (Å²) < 4.78 is 0. The minimum Gasteiger partial charge on any atom is -0.256 e. The molecule has 0 atom stereocenters. The molecule has 1 spiro atoms. The van der Waals surface area contributed by atoms with E-state index in [1.807, 2.05) is 12.3 Å². The highest BCUT2D eigenvalue weighted by atomic mass is 14.6. The molecule has 0 saturated carbocycles. The first-order chi connectivity index (χ1) is 22.3. The lowest BCUT2D eigenvalue weighted by Gasteiger charge is -2.30. The van der Waals surface area contributed by atoms with Crippen molar-refractivity contribution in [2.45, 2.75) is 5.41 Å². The highest BCUT2D eigenvalue weighted by Crippen LogP contribution is 2.63. The van der Waals surface area contributed by atoms with E-state index in [2.05, 4.69) is 152 Å². The average Bonchev–Trinajstić information content (AvgIpc) is 3.58. The van der Waals surface area contributed by atoms with Gasteiger partial charge in [-0.2, -0.15) is 0 Å². The van der Waals surface area contributed by atoms with Crippen LogP contribution in [0.1, 0.15) is 22.3 Å². The lowest BCUT2D eigenvalue weighted by molar-refractivity contribution is 0.794. The fourth-order valence-corrected chi connectivity index (χ4v) is 8.30. The predicted octanol–water partition coefficient (Wildman–Crippen LogP) is 11.1. The molecule has 10 rings (SSSR count). The summed E-state index contributed by atoms with van der Waals surface area (Å²) in [5.74, 6) is 0. The molecule has 0 amide bonds. The molecule has 0 radical (unpaired) electrons. The van der Waals surface area contributed by atoms with Crippen LogP contribution in [0.5, 0.6) is 0 Å². The molecule has 1 aromatic heterocycles. The van der Waals surface area contributed by atoms with Crippen LogP contribution in [-0.2, 0) is 5.41 Å². The van der Waals surface area contributed by atoms with Crippen LogP contribution in [0.15, 0.2) is 164 Å². The van der Waals surface area contributed by atoms with Gasteiger partial charge in [0.05, 0.1) is 10.9 Å². The monoisotopic (exact) mass is 569 g/mol. The first-order valence-corrected chi connectivity index (χ1v) is 15.6. The van der Waals surface area contributed by atoms with E-state index in [1.165, 1.54) is 77.5 Å². The quantitative estimate of drug-likeness (QED) is 0.189. The average molecular weight is 570 g/mol. The molecular weight excluding hydrogens is 542 g/mol. The maximum atomic E-state index is 4.81. The first-order valence-electron chi connectivity index (χ1n) is 15.6. The molecule has 1 heterocycles. The third-order valence-electron chi connectivity index (χ3n) is 10.1. The van der Waals surface area contributed by atoms with E-state index in [9.17, 15) is 0 Å². The van der Waals surface area contributed by atoms with Crippen LogP contribution in [0, 0.1) is 0 Å². The summed E-state index contributed by atoms with van der Waals surface area (Å²) >= 11 is 0. The summed E-state index contributed by atoms with van der Waals surface area (Å²) in [5, 5.41) is 3.57. The second kappa shape index (κ2) is 9.11. The van der Waals surface area contributed by atoms with Gasteiger partial charge in [0.1, 0.15) is 0 Å². The zero-order chi connectivity index (χ0) is 29.5. The number of nitrogens with zero attached hydrogens (tertiary/aromatic N) is 1. The van der Waals surface area contributed by atoms with Crippen LogP contribution in [0.3, 0.4) is 0 Å². The normalized spacial score (nSPS) is 13.5. The van der Waals surface area contributed by atoms with Crippen LogP contribution in [0.4, 0.5) is 0 Å². The van der Waals surface area contributed by atoms with Gasteiger partial charge in [-0.3, -0.25) is 4.98 Å². The smallest absolute Gasteiger partial charge is 0.0786 e. The van der Waals surface area contributed by atoms with Gasteiger partial charge in [0.2, 0.25) is 0 Å². The Labute approximate surface area is 262 Å². The van der Waals surface area contributed by atoms with Crippen LogP contribution in [0.25, 0.3) is 66.2 Å². The largest absolute Gasteiger partial charge is 0.256 e. The molecule has 0 aliphatic heterocycles. The van der Waals surface area contributed by atoms with Crippen molar-refractivity contribution in [1.29, 1.82) is 0 Å². The Morgan fingerprint density at radius 3 is 1.64 bits per heavy atom. The molecule has 45 heavy (non-hydrogen) atoms. The Morgan fingerprint density at radius 1 is 0.356 bits per heavy atom. The van der Waals surface area contributed by atoms with Gasteiger partial charge in [-0.15, -0.1) is 0 Å². The van der Waals surface area contributed by atoms with Crippen molar-refractivity contribution < 1.29 is 0 Å². The minimum absolute atomic E-state index is 0.340. The summed E-state index contributed by atoms with van der Waals surface area (Å²) in [6.07, 6.45) is 1.90. The summed E-state index contributed by atoms with van der Waals surface area (Å²) in [7, 11) is 0. The maximum Gasteiger partial charge on any atom is 0.0786 e. The third-order valence-corrected chi connectivity index (χ3v) is 10.1. The van der Waals surface area contributed by atoms with Gasteiger partial charge in [-0.25, -0.2) is 0 Å². The molecule has 0 bridgehead atoms. The predicted molar refractivity (Wildman–Crippen MR) is 186 cm³/mol. The van der Waals surface area contributed by atoms with Gasteiger partial charge in [0.15, 0.2) is 0 Å². The molecule has 7 aromatic carbocycles. The number of hydrogen-bond donors (Lipinski definition) is 0. The second-order valence-corrected chi connectivity index (χ2v) is 12.3. The summed E-state index contributed by atoms with van der Waals surface area (Å²) in [4.78, 5) is 4.81. The van der Waals surface area contributed by atoms with E-state index in [1.54, 1.807) is 0 Å². The van der Waals surface area contributed by atoms with Crippen molar-refractivity contribution in [1.82, 2.24) is 4.98 Å². The van der Waals surface area contributed by atoms with E-state index < -0.39 is 0 Å². The van der Waals surface area contributed by atoms with E-state index in [-0.39, 0.29) is 5.41 Å². The standard InChI is InChI=1S/C44H27N/c1-4-18-38-34(14-1)35-15-2-5-19-39(35)44(38)40-20-6-3-16-36(40)37-24-23-31(27-41(37)44)30-11-7-12-32(26-30)33-17-8-10-28-21-22-29-13-9-25-45-43(29)42(28)33/h1-27H. The molecule has 2 aliphatic carbocycles. The van der Waals surface area contributed by atoms with Crippen molar-refractivity contribution in [3.63, 3.8) is 0 Å². The van der Waals surface area contributed by atoms with Crippen LogP contribution < -0.4 is 0 Å². The van der Waals surface area contributed by atoms with Crippen molar-refractivity contribution in [2.75, 3.05) is 0 Å². The van der Waals surface area contributed by atoms with Crippen molar-refractivity contribution in [3.05, 3.63) is 186 Å². The topological polar surface area (TPSA) is 12.9 Å². The number of fused-ring (bicyclic) bond motifs is 13. The number of benzene rings is 7. The molecule has 2 aliphatic rings. The van der Waals surface area contributed by atoms with Crippen molar-refractivity contribution in [3.8, 4) is 44.5 Å². The van der Waals surface area contributed by atoms with Crippen molar-refractivity contribution in [2.24, 2.45) is 0 Å². The first kappa shape index (κ1) is 24.6. The molecule has 8 aromatic rings. The Kier molecular flexibility index (Phi) is 4.99. The van der Waals surface area contributed by atoms with Gasteiger partial charge in [-0.1, -0.05) is 140 Å². The Balaban J connectivity index is 1.21. The van der Waals surface area contributed by atoms with E-state index in [0.29, 0.717) is 0 Å². The molecular formula is C44H27N. The molecule has 0 fully saturated rings. The number of rotatable bonds is 2. The van der Waals surface area contributed by atoms with E-state index in [0.717, 1.165) is 10.9 Å². The minimum atomic E-state index is -0.340. The molecule has 1 nitrogen and oxygen atoms in total. The number of hydrogen-bond acceptors (Lipinski definition) is 1. The fraction of sp³-hybridized carbons (Fsp3) is 0.0227. The van der Waals surface area contributed by atoms with Gasteiger partial charge >= 0.3 is 0 Å². The molecule has 0 unspecified atom stereocenters. The van der Waals surface area contributed by atoms with E-state index >= 15 is 0 Å². The summed E-state index contributed by atoms with van der Waals surface area (Å²) in [6.45, 7) is 0. The Morgan fingerprint density at radius 2 is 0.911 bits per heavy atom. The second-order valence-electron chi connectivity index (χ2n) is 12.3. The lowest BCUT2D eigenvalue weighted by atomic mass is 9.70. The Bertz CT molecular complexity index is 2440. The number of aromatic nitrogens is 1. The van der Waals surface area contributed by atoms with Crippen LogP contribution >= 0.6 is 0 Å². The zero-order valence-electron chi connectivity index (χ0n) is 24.5. The van der Waals surface area contributed by atoms with Gasteiger partial charge in [0.25, 0.3) is 0 Å². The maximum absolute atomic E-state index is 4.81. The lowest BCUT2D eigenvalue weighted by Crippen LogP contribution is -2.25. The van der Waals surface area contributed by atoms with Gasteiger partial charge in [0, 0.05) is 17.0 Å². The highest BCUT2D eigenvalue weighted by Gasteiger charge is 2.51. The SMILES string of the molecule is c1cc(-c2ccc3c(c2)C2(c4ccccc4-c4ccccc42)c2ccccc2-3)cc(-c2cccc3ccc4cccnc4c23)c1. The molecule has 0 N–H and O–H groups in total. The fourth-order valence-electron chi connectivity index (χ4n) is 8.30. The van der Waals surface area contributed by atoms with Crippen molar-refractivity contribution >= 4 is 21.7 Å². The Hall–Kier alpha value is -5.79. The summed E-state index contributed by atoms with van der Waals surface area (Å²) in [5.41, 5.74) is 16.4. The van der Waals surface area contributed by atoms with Crippen LogP contribution in [0.2, 0.25) is 0 Å². The molecule has 1 heteroatoms. The van der Waals surface area contributed by atoms with Gasteiger partial charge < -0.3 is 0 Å². The third kappa shape index (κ3) is 3.25. The molecule has 208 valence electrons. The highest BCUT2D eigenvalue weighted by molar-refractivity contribution is 6.12. The van der Waals surface area contributed by atoms with Crippen LogP contribution in [-0.4, -0.2) is 4.98 Å². The summed E-state index contributed by atoms with van der Waals surface area (Å²) in [6, 6.07) is 58.3. The molecule has 0 saturated heterocycles.